The standard InChI is InChI=1S/C7H15N2O2/c1-5(2)11-7(10)9-6(3)4-8/h5-6,8H,4H2,1-3H3,(H,9,10). The van der Waals surface area contributed by atoms with Crippen molar-refractivity contribution in [2.24, 2.45) is 0 Å². The third-order valence-electron chi connectivity index (χ3n) is 1.01. The molecule has 0 heterocycles. The Morgan fingerprint density at radius 3 is 2.45 bits per heavy atom. The van der Waals surface area contributed by atoms with Crippen molar-refractivity contribution in [3.05, 3.63) is 0 Å². The van der Waals surface area contributed by atoms with Crippen molar-refractivity contribution in [3.63, 3.8) is 0 Å². The van der Waals surface area contributed by atoms with Crippen LogP contribution in [0.25, 0.3) is 0 Å². The summed E-state index contributed by atoms with van der Waals surface area (Å²) in [5.74, 6) is 0. The van der Waals surface area contributed by atoms with E-state index in [4.69, 9.17) is 10.5 Å². The van der Waals surface area contributed by atoms with Gasteiger partial charge in [-0.2, -0.15) is 0 Å². The number of nitrogens with one attached hydrogen (secondary N) is 2. The summed E-state index contributed by atoms with van der Waals surface area (Å²) in [6.45, 7) is 5.50. The second-order valence-electron chi connectivity index (χ2n) is 2.70. The summed E-state index contributed by atoms with van der Waals surface area (Å²) >= 11 is 0. The van der Waals surface area contributed by atoms with Crippen LogP contribution in [0.3, 0.4) is 0 Å². The van der Waals surface area contributed by atoms with Gasteiger partial charge < -0.3 is 10.1 Å². The van der Waals surface area contributed by atoms with E-state index in [1.165, 1.54) is 0 Å². The van der Waals surface area contributed by atoms with Gasteiger partial charge in [0.05, 0.1) is 6.10 Å². The van der Waals surface area contributed by atoms with Crippen molar-refractivity contribution >= 4 is 6.09 Å². The molecule has 1 atom stereocenters. The minimum absolute atomic E-state index is 0.104. The zero-order chi connectivity index (χ0) is 8.85. The van der Waals surface area contributed by atoms with E-state index in [1.807, 2.05) is 0 Å². The summed E-state index contributed by atoms with van der Waals surface area (Å²) in [5.41, 5.74) is 6.91. The van der Waals surface area contributed by atoms with Gasteiger partial charge in [0.1, 0.15) is 0 Å². The van der Waals surface area contributed by atoms with Gasteiger partial charge in [0.15, 0.2) is 0 Å². The van der Waals surface area contributed by atoms with Crippen molar-refractivity contribution in [1.29, 1.82) is 0 Å². The van der Waals surface area contributed by atoms with E-state index in [2.05, 4.69) is 5.32 Å². The molecule has 0 saturated carbocycles. The molecule has 0 spiro atoms. The lowest BCUT2D eigenvalue weighted by molar-refractivity contribution is 0.113. The quantitative estimate of drug-likeness (QED) is 0.661. The number of hydrogen-bond donors (Lipinski definition) is 1. The summed E-state index contributed by atoms with van der Waals surface area (Å²) in [6, 6.07) is -0.138. The molecule has 0 aliphatic heterocycles. The molecule has 1 radical (unpaired) electrons. The Hall–Kier alpha value is -0.770. The average Bonchev–Trinajstić information content (AvgIpc) is 1.85. The van der Waals surface area contributed by atoms with Crippen LogP contribution in [0, 0.1) is 0 Å². The van der Waals surface area contributed by atoms with Gasteiger partial charge in [0, 0.05) is 12.6 Å². The highest BCUT2D eigenvalue weighted by molar-refractivity contribution is 5.67. The fourth-order valence-electron chi connectivity index (χ4n) is 0.500. The van der Waals surface area contributed by atoms with Crippen LogP contribution >= 0.6 is 0 Å². The third kappa shape index (κ3) is 5.66. The molecule has 0 aromatic rings. The Morgan fingerprint density at radius 1 is 1.55 bits per heavy atom. The van der Waals surface area contributed by atoms with E-state index in [-0.39, 0.29) is 18.7 Å². The van der Waals surface area contributed by atoms with Crippen LogP contribution in [0.1, 0.15) is 20.8 Å². The molecule has 0 aliphatic carbocycles. The van der Waals surface area contributed by atoms with Crippen molar-refractivity contribution in [1.82, 2.24) is 11.1 Å². The highest BCUT2D eigenvalue weighted by Gasteiger charge is 2.07. The van der Waals surface area contributed by atoms with E-state index >= 15 is 0 Å². The number of ether oxygens (including phenoxy) is 1. The lowest BCUT2D eigenvalue weighted by atomic mass is 10.3. The second kappa shape index (κ2) is 4.96. The molecule has 0 saturated heterocycles. The third-order valence-corrected chi connectivity index (χ3v) is 1.01. The van der Waals surface area contributed by atoms with Crippen LogP contribution in [0.4, 0.5) is 4.79 Å². The fourth-order valence-corrected chi connectivity index (χ4v) is 0.500. The molecule has 0 aromatic carbocycles. The zero-order valence-corrected chi connectivity index (χ0v) is 7.18. The first-order chi connectivity index (χ1) is 5.06. The summed E-state index contributed by atoms with van der Waals surface area (Å²) in [4.78, 5) is 10.8. The summed E-state index contributed by atoms with van der Waals surface area (Å²) in [7, 11) is 0. The topological polar surface area (TPSA) is 62.1 Å². The molecule has 1 unspecified atom stereocenters. The van der Waals surface area contributed by atoms with Gasteiger partial charge in [-0.05, 0) is 20.8 Å². The Balaban J connectivity index is 3.52. The molecular weight excluding hydrogens is 144 g/mol. The Labute approximate surface area is 67.1 Å². The Bertz CT molecular complexity index is 126. The maximum Gasteiger partial charge on any atom is 0.407 e. The molecule has 0 rings (SSSR count). The van der Waals surface area contributed by atoms with Gasteiger partial charge in [-0.3, -0.25) is 5.73 Å². The van der Waals surface area contributed by atoms with Gasteiger partial charge in [-0.15, -0.1) is 0 Å². The van der Waals surface area contributed by atoms with Crippen molar-refractivity contribution < 1.29 is 9.53 Å². The predicted octanol–water partition coefficient (Wildman–Crippen LogP) is 0.792. The first kappa shape index (κ1) is 10.2. The van der Waals surface area contributed by atoms with Crippen LogP contribution in [-0.2, 0) is 4.74 Å². The van der Waals surface area contributed by atoms with Crippen LogP contribution in [0.2, 0.25) is 0 Å². The normalized spacial score (nSPS) is 12.8. The number of amides is 1. The smallest absolute Gasteiger partial charge is 0.407 e. The Kier molecular flexibility index (Phi) is 4.61. The van der Waals surface area contributed by atoms with Crippen LogP contribution in [0.15, 0.2) is 0 Å². The van der Waals surface area contributed by atoms with Gasteiger partial charge >= 0.3 is 6.09 Å². The number of hydrogen-bond acceptors (Lipinski definition) is 2. The van der Waals surface area contributed by atoms with E-state index < -0.39 is 6.09 Å². The summed E-state index contributed by atoms with van der Waals surface area (Å²) in [5, 5.41) is 2.51. The Morgan fingerprint density at radius 2 is 2.09 bits per heavy atom. The van der Waals surface area contributed by atoms with Gasteiger partial charge in [-0.25, -0.2) is 4.79 Å². The molecule has 65 valence electrons. The van der Waals surface area contributed by atoms with Crippen molar-refractivity contribution in [2.45, 2.75) is 32.9 Å². The van der Waals surface area contributed by atoms with E-state index in [0.29, 0.717) is 0 Å². The van der Waals surface area contributed by atoms with Crippen LogP contribution in [-0.4, -0.2) is 24.8 Å². The molecule has 11 heavy (non-hydrogen) atoms. The highest BCUT2D eigenvalue weighted by atomic mass is 16.6. The molecule has 0 fully saturated rings. The highest BCUT2D eigenvalue weighted by Crippen LogP contribution is 1.89. The second-order valence-corrected chi connectivity index (χ2v) is 2.70. The molecule has 1 amide bonds. The van der Waals surface area contributed by atoms with E-state index in [1.54, 1.807) is 20.8 Å². The molecular formula is C7H15N2O2. The number of rotatable bonds is 3. The molecule has 2 N–H and O–H groups in total. The maximum atomic E-state index is 10.8. The maximum absolute atomic E-state index is 10.8. The average molecular weight is 159 g/mol. The van der Waals surface area contributed by atoms with Gasteiger partial charge in [0.2, 0.25) is 0 Å². The SMILES string of the molecule is CC(C[NH])NC(=O)OC(C)C. The largest absolute Gasteiger partial charge is 0.447 e. The first-order valence-corrected chi connectivity index (χ1v) is 3.68. The van der Waals surface area contributed by atoms with Crippen molar-refractivity contribution in [2.75, 3.05) is 6.54 Å². The molecule has 4 heteroatoms. The number of alkyl carbamates (subject to hydrolysis) is 1. The minimum atomic E-state index is -0.445. The minimum Gasteiger partial charge on any atom is -0.447 e. The van der Waals surface area contributed by atoms with E-state index in [9.17, 15) is 4.79 Å². The van der Waals surface area contributed by atoms with Crippen molar-refractivity contribution in [3.8, 4) is 0 Å². The molecule has 0 bridgehead atoms. The van der Waals surface area contributed by atoms with Crippen LogP contribution < -0.4 is 11.1 Å². The van der Waals surface area contributed by atoms with E-state index in [0.717, 1.165) is 0 Å². The summed E-state index contributed by atoms with van der Waals surface area (Å²) < 4.78 is 4.79. The lowest BCUT2D eigenvalue weighted by Crippen LogP contribution is -2.36. The molecule has 0 aliphatic rings. The van der Waals surface area contributed by atoms with Gasteiger partial charge in [0.25, 0.3) is 0 Å². The van der Waals surface area contributed by atoms with Gasteiger partial charge in [-0.1, -0.05) is 0 Å². The predicted molar refractivity (Wildman–Crippen MR) is 42.2 cm³/mol. The molecule has 4 nitrogen and oxygen atoms in total. The van der Waals surface area contributed by atoms with Crippen LogP contribution in [0.5, 0.6) is 0 Å². The lowest BCUT2D eigenvalue weighted by Gasteiger charge is -2.12. The number of carbonyl (C=O) groups excluding carboxylic acids is 1. The number of carbonyl (C=O) groups is 1. The molecule has 0 aromatic heterocycles. The fraction of sp³-hybridized carbons (Fsp3) is 0.857. The monoisotopic (exact) mass is 159 g/mol. The summed E-state index contributed by atoms with van der Waals surface area (Å²) in [6.07, 6.45) is -0.548. The first-order valence-electron chi connectivity index (χ1n) is 3.68. The zero-order valence-electron chi connectivity index (χ0n) is 7.18.